The Morgan fingerprint density at radius 1 is 1.63 bits per heavy atom. The monoisotopic (exact) mass is 261 g/mol. The number of hydrogen-bond acceptors (Lipinski definition) is 5. The molecule has 2 N–H and O–H groups in total. The van der Waals surface area contributed by atoms with E-state index in [0.29, 0.717) is 11.7 Å². The Hall–Kier alpha value is -2.02. The highest BCUT2D eigenvalue weighted by molar-refractivity contribution is 5.90. The standard InChI is InChI=1S/C12H15N5O2/c1-7-4-5-13-12-15-10(16-17(7)12)11(19)14-6-9(18)8-2-3-8/h4-5,8-9,18H,2-3,6H2,1H3,(H,14,19). The number of amides is 1. The summed E-state index contributed by atoms with van der Waals surface area (Å²) in [6.45, 7) is 2.10. The molecular weight excluding hydrogens is 246 g/mol. The number of hydrogen-bond donors (Lipinski definition) is 2. The molecular formula is C12H15N5O2. The Morgan fingerprint density at radius 2 is 2.42 bits per heavy atom. The zero-order valence-corrected chi connectivity index (χ0v) is 10.6. The molecule has 0 bridgehead atoms. The molecule has 1 amide bonds. The number of carbonyl (C=O) groups is 1. The van der Waals surface area contributed by atoms with E-state index in [1.54, 1.807) is 12.3 Å². The Kier molecular flexibility index (Phi) is 2.90. The first kappa shape index (κ1) is 12.0. The number of aryl methyl sites for hydroxylation is 1. The maximum Gasteiger partial charge on any atom is 0.291 e. The largest absolute Gasteiger partial charge is 0.391 e. The van der Waals surface area contributed by atoms with Gasteiger partial charge in [0.2, 0.25) is 5.82 Å². The van der Waals surface area contributed by atoms with Crippen molar-refractivity contribution in [2.75, 3.05) is 6.54 Å². The van der Waals surface area contributed by atoms with Gasteiger partial charge in [0, 0.05) is 18.4 Å². The second-order valence-corrected chi connectivity index (χ2v) is 4.85. The Bertz CT molecular complexity index is 620. The fraction of sp³-hybridized carbons (Fsp3) is 0.500. The Labute approximate surface area is 109 Å². The smallest absolute Gasteiger partial charge is 0.291 e. The summed E-state index contributed by atoms with van der Waals surface area (Å²) in [5.41, 5.74) is 0.856. The van der Waals surface area contributed by atoms with Gasteiger partial charge in [-0.2, -0.15) is 4.98 Å². The lowest BCUT2D eigenvalue weighted by molar-refractivity contribution is 0.0891. The lowest BCUT2D eigenvalue weighted by Gasteiger charge is -2.08. The van der Waals surface area contributed by atoms with Crippen LogP contribution in [0.3, 0.4) is 0 Å². The topological polar surface area (TPSA) is 92.4 Å². The summed E-state index contributed by atoms with van der Waals surface area (Å²) in [5, 5.41) is 16.4. The fourth-order valence-corrected chi connectivity index (χ4v) is 1.93. The van der Waals surface area contributed by atoms with E-state index in [-0.39, 0.29) is 18.3 Å². The van der Waals surface area contributed by atoms with E-state index in [1.165, 1.54) is 4.52 Å². The van der Waals surface area contributed by atoms with Crippen molar-refractivity contribution in [2.45, 2.75) is 25.9 Å². The number of nitrogens with one attached hydrogen (secondary N) is 1. The van der Waals surface area contributed by atoms with Crippen LogP contribution in [0, 0.1) is 12.8 Å². The van der Waals surface area contributed by atoms with E-state index in [9.17, 15) is 9.90 Å². The minimum absolute atomic E-state index is 0.0739. The molecule has 2 aromatic rings. The highest BCUT2D eigenvalue weighted by Gasteiger charge is 2.30. The van der Waals surface area contributed by atoms with Crippen molar-refractivity contribution >= 4 is 11.7 Å². The van der Waals surface area contributed by atoms with Crippen LogP contribution in [0.15, 0.2) is 12.3 Å². The zero-order valence-electron chi connectivity index (χ0n) is 10.6. The molecule has 7 heteroatoms. The molecule has 100 valence electrons. The number of aliphatic hydroxyl groups excluding tert-OH is 1. The molecule has 1 aliphatic rings. The van der Waals surface area contributed by atoms with E-state index in [0.717, 1.165) is 18.5 Å². The third-order valence-electron chi connectivity index (χ3n) is 3.27. The van der Waals surface area contributed by atoms with Gasteiger partial charge >= 0.3 is 0 Å². The van der Waals surface area contributed by atoms with Crippen LogP contribution in [0.1, 0.15) is 29.2 Å². The summed E-state index contributed by atoms with van der Waals surface area (Å²) in [7, 11) is 0. The molecule has 0 radical (unpaired) electrons. The van der Waals surface area contributed by atoms with Crippen molar-refractivity contribution in [1.29, 1.82) is 0 Å². The third-order valence-corrected chi connectivity index (χ3v) is 3.27. The summed E-state index contributed by atoms with van der Waals surface area (Å²) in [6, 6.07) is 1.79. The van der Waals surface area contributed by atoms with Crippen LogP contribution in [-0.2, 0) is 0 Å². The highest BCUT2D eigenvalue weighted by atomic mass is 16.3. The van der Waals surface area contributed by atoms with Gasteiger partial charge in [-0.05, 0) is 31.7 Å². The molecule has 19 heavy (non-hydrogen) atoms. The lowest BCUT2D eigenvalue weighted by atomic mass is 10.2. The van der Waals surface area contributed by atoms with Gasteiger partial charge in [-0.1, -0.05) is 0 Å². The van der Waals surface area contributed by atoms with Crippen LogP contribution >= 0.6 is 0 Å². The normalized spacial score (nSPS) is 16.5. The molecule has 2 aromatic heterocycles. The van der Waals surface area contributed by atoms with Gasteiger partial charge in [0.1, 0.15) is 0 Å². The first-order valence-electron chi connectivity index (χ1n) is 6.30. The molecule has 1 fully saturated rings. The number of nitrogens with zero attached hydrogens (tertiary/aromatic N) is 4. The summed E-state index contributed by atoms with van der Waals surface area (Å²) in [5.74, 6) is 0.417. The van der Waals surface area contributed by atoms with Crippen molar-refractivity contribution < 1.29 is 9.90 Å². The number of fused-ring (bicyclic) bond motifs is 1. The minimum Gasteiger partial charge on any atom is -0.391 e. The molecule has 0 spiro atoms. The fourth-order valence-electron chi connectivity index (χ4n) is 1.93. The second-order valence-electron chi connectivity index (χ2n) is 4.85. The van der Waals surface area contributed by atoms with E-state index in [2.05, 4.69) is 20.4 Å². The molecule has 0 aliphatic heterocycles. The number of carbonyl (C=O) groups excluding carboxylic acids is 1. The Morgan fingerprint density at radius 3 is 3.11 bits per heavy atom. The van der Waals surface area contributed by atoms with E-state index < -0.39 is 6.10 Å². The van der Waals surface area contributed by atoms with Crippen molar-refractivity contribution in [3.8, 4) is 0 Å². The molecule has 1 aliphatic carbocycles. The van der Waals surface area contributed by atoms with Gasteiger partial charge in [-0.25, -0.2) is 9.50 Å². The lowest BCUT2D eigenvalue weighted by Crippen LogP contribution is -2.33. The van der Waals surface area contributed by atoms with Gasteiger partial charge in [-0.15, -0.1) is 5.10 Å². The first-order valence-corrected chi connectivity index (χ1v) is 6.30. The molecule has 2 heterocycles. The number of aromatic nitrogens is 4. The number of rotatable bonds is 4. The predicted octanol–water partition coefficient (Wildman–Crippen LogP) is -0.0666. The molecule has 0 saturated heterocycles. The summed E-state index contributed by atoms with van der Waals surface area (Å²) in [6.07, 6.45) is 3.22. The van der Waals surface area contributed by atoms with Crippen LogP contribution < -0.4 is 5.32 Å². The van der Waals surface area contributed by atoms with Crippen LogP contribution in [-0.4, -0.2) is 43.2 Å². The molecule has 1 atom stereocenters. The first-order chi connectivity index (χ1) is 9.15. The molecule has 7 nitrogen and oxygen atoms in total. The van der Waals surface area contributed by atoms with Crippen molar-refractivity contribution in [3.63, 3.8) is 0 Å². The van der Waals surface area contributed by atoms with Gasteiger partial charge in [0.05, 0.1) is 6.10 Å². The zero-order chi connectivity index (χ0) is 13.4. The van der Waals surface area contributed by atoms with Crippen molar-refractivity contribution in [1.82, 2.24) is 24.9 Å². The maximum atomic E-state index is 11.9. The molecule has 3 rings (SSSR count). The van der Waals surface area contributed by atoms with Gasteiger partial charge in [0.15, 0.2) is 0 Å². The Balaban J connectivity index is 1.72. The third kappa shape index (κ3) is 2.41. The number of aliphatic hydroxyl groups is 1. The average molecular weight is 261 g/mol. The van der Waals surface area contributed by atoms with E-state index in [4.69, 9.17) is 0 Å². The van der Waals surface area contributed by atoms with Gasteiger partial charge in [-0.3, -0.25) is 4.79 Å². The van der Waals surface area contributed by atoms with Crippen LogP contribution in [0.25, 0.3) is 5.78 Å². The molecule has 1 saturated carbocycles. The maximum absolute atomic E-state index is 11.9. The molecule has 0 aromatic carbocycles. The highest BCUT2D eigenvalue weighted by Crippen LogP contribution is 2.32. The quantitative estimate of drug-likeness (QED) is 0.804. The summed E-state index contributed by atoms with van der Waals surface area (Å²) < 4.78 is 1.52. The van der Waals surface area contributed by atoms with Gasteiger partial charge in [0.25, 0.3) is 11.7 Å². The molecule has 1 unspecified atom stereocenters. The van der Waals surface area contributed by atoms with Gasteiger partial charge < -0.3 is 10.4 Å². The minimum atomic E-state index is -0.471. The van der Waals surface area contributed by atoms with Crippen LogP contribution in [0.4, 0.5) is 0 Å². The summed E-state index contributed by atoms with van der Waals surface area (Å²) >= 11 is 0. The van der Waals surface area contributed by atoms with Crippen LogP contribution in [0.5, 0.6) is 0 Å². The van der Waals surface area contributed by atoms with E-state index in [1.807, 2.05) is 6.92 Å². The summed E-state index contributed by atoms with van der Waals surface area (Å²) in [4.78, 5) is 20.0. The average Bonchev–Trinajstić information content (AvgIpc) is 3.15. The second kappa shape index (κ2) is 4.58. The SMILES string of the molecule is Cc1ccnc2nc(C(=O)NCC(O)C3CC3)nn12. The van der Waals surface area contributed by atoms with Crippen molar-refractivity contribution in [2.24, 2.45) is 5.92 Å². The van der Waals surface area contributed by atoms with Crippen LogP contribution in [0.2, 0.25) is 0 Å². The predicted molar refractivity (Wildman–Crippen MR) is 66.6 cm³/mol. The van der Waals surface area contributed by atoms with Crippen molar-refractivity contribution in [3.05, 3.63) is 23.8 Å². The van der Waals surface area contributed by atoms with E-state index >= 15 is 0 Å².